The van der Waals surface area contributed by atoms with Crippen LogP contribution < -0.4 is 0 Å². The SMILES string of the molecule is CC#CCN1C(=O)SC(C)(C)C1=O. The zero-order chi connectivity index (χ0) is 10.1. The fourth-order valence-corrected chi connectivity index (χ4v) is 1.91. The van der Waals surface area contributed by atoms with Crippen molar-refractivity contribution in [3.8, 4) is 11.8 Å². The lowest BCUT2D eigenvalue weighted by atomic mass is 10.2. The molecule has 0 aromatic heterocycles. The summed E-state index contributed by atoms with van der Waals surface area (Å²) in [6.07, 6.45) is 0. The molecule has 1 aliphatic heterocycles. The van der Waals surface area contributed by atoms with Crippen LogP contribution in [0.2, 0.25) is 0 Å². The Morgan fingerprint density at radius 1 is 1.46 bits per heavy atom. The number of thioether (sulfide) groups is 1. The summed E-state index contributed by atoms with van der Waals surface area (Å²) >= 11 is 1.06. The Balaban J connectivity index is 2.81. The number of carbonyl (C=O) groups is 2. The number of hydrogen-bond acceptors (Lipinski definition) is 3. The molecule has 0 aliphatic carbocycles. The smallest absolute Gasteiger partial charge is 0.273 e. The van der Waals surface area contributed by atoms with Crippen molar-refractivity contribution in [2.45, 2.75) is 25.5 Å². The number of amides is 2. The van der Waals surface area contributed by atoms with E-state index < -0.39 is 4.75 Å². The summed E-state index contributed by atoms with van der Waals surface area (Å²) in [6, 6.07) is 0. The number of nitrogens with zero attached hydrogens (tertiary/aromatic N) is 1. The third-order valence-electron chi connectivity index (χ3n) is 1.74. The second-order valence-corrected chi connectivity index (χ2v) is 4.77. The minimum absolute atomic E-state index is 0.148. The maximum Gasteiger partial charge on any atom is 0.290 e. The molecule has 1 heterocycles. The van der Waals surface area contributed by atoms with E-state index in [1.807, 2.05) is 0 Å². The van der Waals surface area contributed by atoms with Gasteiger partial charge in [-0.1, -0.05) is 5.92 Å². The molecule has 0 bridgehead atoms. The quantitative estimate of drug-likeness (QED) is 0.597. The van der Waals surface area contributed by atoms with Crippen LogP contribution in [0, 0.1) is 11.8 Å². The van der Waals surface area contributed by atoms with Gasteiger partial charge in [0, 0.05) is 0 Å². The van der Waals surface area contributed by atoms with E-state index in [-0.39, 0.29) is 17.7 Å². The predicted molar refractivity (Wildman–Crippen MR) is 52.2 cm³/mol. The minimum atomic E-state index is -0.619. The summed E-state index contributed by atoms with van der Waals surface area (Å²) in [5, 5.41) is -0.197. The van der Waals surface area contributed by atoms with Crippen LogP contribution in [0.5, 0.6) is 0 Å². The highest BCUT2D eigenvalue weighted by molar-refractivity contribution is 8.16. The summed E-state index contributed by atoms with van der Waals surface area (Å²) in [6.45, 7) is 5.39. The monoisotopic (exact) mass is 197 g/mol. The molecule has 1 fully saturated rings. The van der Waals surface area contributed by atoms with Crippen LogP contribution in [0.1, 0.15) is 20.8 Å². The summed E-state index contributed by atoms with van der Waals surface area (Å²) in [4.78, 5) is 24.1. The molecule has 4 heteroatoms. The fourth-order valence-electron chi connectivity index (χ4n) is 1.02. The lowest BCUT2D eigenvalue weighted by Gasteiger charge is -2.13. The van der Waals surface area contributed by atoms with E-state index in [0.29, 0.717) is 0 Å². The van der Waals surface area contributed by atoms with Gasteiger partial charge < -0.3 is 0 Å². The second kappa shape index (κ2) is 3.43. The van der Waals surface area contributed by atoms with Crippen LogP contribution >= 0.6 is 11.8 Å². The summed E-state index contributed by atoms with van der Waals surface area (Å²) in [7, 11) is 0. The molecule has 1 rings (SSSR count). The Morgan fingerprint density at radius 3 is 2.46 bits per heavy atom. The van der Waals surface area contributed by atoms with Crippen molar-refractivity contribution in [2.24, 2.45) is 0 Å². The molecule has 0 aromatic rings. The highest BCUT2D eigenvalue weighted by atomic mass is 32.2. The van der Waals surface area contributed by atoms with Crippen LogP contribution in [-0.2, 0) is 4.79 Å². The van der Waals surface area contributed by atoms with Crippen LogP contribution in [0.25, 0.3) is 0 Å². The lowest BCUT2D eigenvalue weighted by Crippen LogP contribution is -2.35. The first-order valence-corrected chi connectivity index (χ1v) is 4.75. The van der Waals surface area contributed by atoms with Gasteiger partial charge in [-0.2, -0.15) is 0 Å². The van der Waals surface area contributed by atoms with Gasteiger partial charge in [-0.15, -0.1) is 5.92 Å². The molecule has 1 aliphatic rings. The van der Waals surface area contributed by atoms with Crippen molar-refractivity contribution in [1.82, 2.24) is 4.90 Å². The Bertz CT molecular complexity index is 311. The van der Waals surface area contributed by atoms with E-state index in [0.717, 1.165) is 11.8 Å². The van der Waals surface area contributed by atoms with Crippen molar-refractivity contribution >= 4 is 22.9 Å². The number of rotatable bonds is 1. The molecule has 2 amide bonds. The molecule has 70 valence electrons. The Hall–Kier alpha value is -0.950. The number of hydrogen-bond donors (Lipinski definition) is 0. The molecule has 0 atom stereocenters. The highest BCUT2D eigenvalue weighted by Crippen LogP contribution is 2.36. The van der Waals surface area contributed by atoms with Gasteiger partial charge in [0.1, 0.15) is 0 Å². The first-order valence-electron chi connectivity index (χ1n) is 3.93. The third-order valence-corrected chi connectivity index (χ3v) is 2.82. The topological polar surface area (TPSA) is 37.4 Å². The molecule has 1 saturated heterocycles. The normalized spacial score (nSPS) is 20.1. The Kier molecular flexibility index (Phi) is 2.67. The fraction of sp³-hybridized carbons (Fsp3) is 0.556. The average molecular weight is 197 g/mol. The summed E-state index contributed by atoms with van der Waals surface area (Å²) in [5.74, 6) is 5.22. The Labute approximate surface area is 81.9 Å². The Morgan fingerprint density at radius 2 is 2.08 bits per heavy atom. The van der Waals surface area contributed by atoms with Crippen LogP contribution in [0.4, 0.5) is 4.79 Å². The van der Waals surface area contributed by atoms with Crippen molar-refractivity contribution in [3.05, 3.63) is 0 Å². The standard InChI is InChI=1S/C9H11NO2S/c1-4-5-6-10-7(11)9(2,3)13-8(10)12/h6H2,1-3H3. The maximum absolute atomic E-state index is 11.6. The van der Waals surface area contributed by atoms with Crippen molar-refractivity contribution in [3.63, 3.8) is 0 Å². The predicted octanol–water partition coefficient (Wildman–Crippen LogP) is 1.48. The first-order chi connectivity index (χ1) is 5.99. The van der Waals surface area contributed by atoms with E-state index >= 15 is 0 Å². The van der Waals surface area contributed by atoms with Gasteiger partial charge in [0.05, 0.1) is 11.3 Å². The van der Waals surface area contributed by atoms with E-state index in [2.05, 4.69) is 11.8 Å². The van der Waals surface area contributed by atoms with Gasteiger partial charge in [-0.05, 0) is 32.5 Å². The summed E-state index contributed by atoms with van der Waals surface area (Å²) in [5.41, 5.74) is 0. The molecular formula is C9H11NO2S. The molecule has 13 heavy (non-hydrogen) atoms. The minimum Gasteiger partial charge on any atom is -0.273 e. The van der Waals surface area contributed by atoms with Crippen molar-refractivity contribution < 1.29 is 9.59 Å². The molecule has 0 radical (unpaired) electrons. The van der Waals surface area contributed by atoms with Gasteiger partial charge in [-0.25, -0.2) is 0 Å². The molecular weight excluding hydrogens is 186 g/mol. The van der Waals surface area contributed by atoms with Gasteiger partial charge in [0.2, 0.25) is 5.91 Å². The van der Waals surface area contributed by atoms with Crippen molar-refractivity contribution in [2.75, 3.05) is 6.54 Å². The van der Waals surface area contributed by atoms with E-state index in [9.17, 15) is 9.59 Å². The molecule has 0 spiro atoms. The van der Waals surface area contributed by atoms with Gasteiger partial charge in [0.25, 0.3) is 5.24 Å². The highest BCUT2D eigenvalue weighted by Gasteiger charge is 2.45. The van der Waals surface area contributed by atoms with Crippen LogP contribution in [-0.4, -0.2) is 27.3 Å². The van der Waals surface area contributed by atoms with Gasteiger partial charge in [-0.3, -0.25) is 14.5 Å². The lowest BCUT2D eigenvalue weighted by molar-refractivity contribution is -0.128. The third kappa shape index (κ3) is 1.86. The van der Waals surface area contributed by atoms with E-state index in [1.165, 1.54) is 4.90 Å². The average Bonchev–Trinajstić information content (AvgIpc) is 2.21. The van der Waals surface area contributed by atoms with E-state index in [4.69, 9.17) is 0 Å². The van der Waals surface area contributed by atoms with Crippen molar-refractivity contribution in [1.29, 1.82) is 0 Å². The van der Waals surface area contributed by atoms with Gasteiger partial charge in [0.15, 0.2) is 0 Å². The molecule has 3 nitrogen and oxygen atoms in total. The summed E-state index contributed by atoms with van der Waals surface area (Å²) < 4.78 is -0.619. The van der Waals surface area contributed by atoms with E-state index in [1.54, 1.807) is 20.8 Å². The molecule has 0 saturated carbocycles. The number of carbonyl (C=O) groups excluding carboxylic acids is 2. The van der Waals surface area contributed by atoms with Gasteiger partial charge >= 0.3 is 0 Å². The molecule has 0 unspecified atom stereocenters. The zero-order valence-electron chi connectivity index (χ0n) is 7.88. The zero-order valence-corrected chi connectivity index (χ0v) is 8.70. The van der Waals surface area contributed by atoms with Crippen LogP contribution in [0.3, 0.4) is 0 Å². The molecule has 0 aromatic carbocycles. The largest absolute Gasteiger partial charge is 0.290 e. The first kappa shape index (κ1) is 10.1. The molecule has 0 N–H and O–H groups in total. The maximum atomic E-state index is 11.6. The number of imide groups is 1. The second-order valence-electron chi connectivity index (χ2n) is 3.20. The van der Waals surface area contributed by atoms with Crippen LogP contribution in [0.15, 0.2) is 0 Å².